The zero-order valence-electron chi connectivity index (χ0n) is 13.9. The molecule has 0 aliphatic carbocycles. The summed E-state index contributed by atoms with van der Waals surface area (Å²) >= 11 is 11.9. The second-order valence-corrected chi connectivity index (χ2v) is 6.18. The molecule has 2 rings (SSSR count). The van der Waals surface area contributed by atoms with E-state index < -0.39 is 18.5 Å². The Labute approximate surface area is 160 Å². The number of Topliss-reactive ketones (excluding diaryl/α,β-unsaturated/α-hetero) is 1. The van der Waals surface area contributed by atoms with Gasteiger partial charge in [-0.25, -0.2) is 4.98 Å². The number of aromatic nitrogens is 1. The maximum atomic E-state index is 11.9. The molecule has 0 saturated heterocycles. The van der Waals surface area contributed by atoms with Crippen molar-refractivity contribution in [3.05, 3.63) is 57.7 Å². The summed E-state index contributed by atoms with van der Waals surface area (Å²) in [5.74, 6) is -1.27. The van der Waals surface area contributed by atoms with Crippen molar-refractivity contribution in [2.45, 2.75) is 19.8 Å². The highest BCUT2D eigenvalue weighted by atomic mass is 35.5. The van der Waals surface area contributed by atoms with Gasteiger partial charge in [0.05, 0.1) is 16.5 Å². The molecule has 1 N–H and O–H groups in total. The standard InChI is InChI=1S/C18H16Cl2N2O4/c1-11-13(19)9-21-18(17(11)20)22-15(24)10-26-16(25)8-7-14(23)12-5-3-2-4-6-12/h2-6,9H,7-8,10H2,1H3,(H,21,22,24). The number of ether oxygens (including phenoxy) is 1. The van der Waals surface area contributed by atoms with E-state index in [2.05, 4.69) is 10.3 Å². The summed E-state index contributed by atoms with van der Waals surface area (Å²) in [6, 6.07) is 8.63. The monoisotopic (exact) mass is 394 g/mol. The van der Waals surface area contributed by atoms with Crippen molar-refractivity contribution >= 4 is 46.7 Å². The number of benzene rings is 1. The summed E-state index contributed by atoms with van der Waals surface area (Å²) in [4.78, 5) is 39.3. The minimum atomic E-state index is -0.643. The zero-order chi connectivity index (χ0) is 19.1. The van der Waals surface area contributed by atoms with E-state index in [0.717, 1.165) is 0 Å². The van der Waals surface area contributed by atoms with Gasteiger partial charge in [0.25, 0.3) is 5.91 Å². The van der Waals surface area contributed by atoms with Gasteiger partial charge in [-0.15, -0.1) is 0 Å². The molecule has 6 nitrogen and oxygen atoms in total. The molecule has 1 aromatic heterocycles. The lowest BCUT2D eigenvalue weighted by atomic mass is 10.1. The molecule has 2 aromatic rings. The summed E-state index contributed by atoms with van der Waals surface area (Å²) in [6.45, 7) is 1.18. The summed E-state index contributed by atoms with van der Waals surface area (Å²) in [6.07, 6.45) is 1.26. The van der Waals surface area contributed by atoms with Gasteiger partial charge in [-0.2, -0.15) is 0 Å². The average Bonchev–Trinajstić information content (AvgIpc) is 2.65. The fraction of sp³-hybridized carbons (Fsp3) is 0.222. The molecule has 136 valence electrons. The Morgan fingerprint density at radius 3 is 2.50 bits per heavy atom. The van der Waals surface area contributed by atoms with Gasteiger partial charge in [0.1, 0.15) is 0 Å². The van der Waals surface area contributed by atoms with Gasteiger partial charge in [-0.1, -0.05) is 53.5 Å². The predicted molar refractivity (Wildman–Crippen MR) is 98.6 cm³/mol. The number of hydrogen-bond donors (Lipinski definition) is 1. The molecule has 0 aliphatic rings. The molecule has 8 heteroatoms. The van der Waals surface area contributed by atoms with Gasteiger partial charge in [0.2, 0.25) is 0 Å². The van der Waals surface area contributed by atoms with Crippen LogP contribution < -0.4 is 5.32 Å². The van der Waals surface area contributed by atoms with Crippen molar-refractivity contribution in [2.75, 3.05) is 11.9 Å². The van der Waals surface area contributed by atoms with Crippen molar-refractivity contribution < 1.29 is 19.1 Å². The van der Waals surface area contributed by atoms with E-state index >= 15 is 0 Å². The minimum absolute atomic E-state index is 0.00816. The molecule has 0 aliphatic heterocycles. The van der Waals surface area contributed by atoms with Crippen LogP contribution in [0, 0.1) is 6.92 Å². The van der Waals surface area contributed by atoms with E-state index in [4.69, 9.17) is 27.9 Å². The van der Waals surface area contributed by atoms with Gasteiger partial charge in [0, 0.05) is 18.2 Å². The molecule has 0 spiro atoms. The van der Waals surface area contributed by atoms with Gasteiger partial charge < -0.3 is 10.1 Å². The lowest BCUT2D eigenvalue weighted by molar-refractivity contribution is -0.147. The number of rotatable bonds is 7. The first-order valence-corrected chi connectivity index (χ1v) is 8.48. The number of nitrogens with one attached hydrogen (secondary N) is 1. The molecule has 1 aromatic carbocycles. The van der Waals surface area contributed by atoms with Gasteiger partial charge in [-0.05, 0) is 12.5 Å². The van der Waals surface area contributed by atoms with E-state index in [1.165, 1.54) is 6.20 Å². The van der Waals surface area contributed by atoms with E-state index in [1.807, 2.05) is 0 Å². The molecular weight excluding hydrogens is 379 g/mol. The molecule has 0 atom stereocenters. The average molecular weight is 395 g/mol. The summed E-state index contributed by atoms with van der Waals surface area (Å²) in [5, 5.41) is 3.03. The molecule has 0 fully saturated rings. The van der Waals surface area contributed by atoms with Crippen LogP contribution >= 0.6 is 23.2 Å². The van der Waals surface area contributed by atoms with Gasteiger partial charge in [-0.3, -0.25) is 14.4 Å². The van der Waals surface area contributed by atoms with Crippen LogP contribution in [-0.4, -0.2) is 29.3 Å². The van der Waals surface area contributed by atoms with E-state index in [1.54, 1.807) is 37.3 Å². The van der Waals surface area contributed by atoms with Crippen LogP contribution in [0.25, 0.3) is 0 Å². The topological polar surface area (TPSA) is 85.4 Å². The number of nitrogens with zero attached hydrogens (tertiary/aromatic N) is 1. The predicted octanol–water partition coefficient (Wildman–Crippen LogP) is 3.84. The van der Waals surface area contributed by atoms with Crippen molar-refractivity contribution in [2.24, 2.45) is 0 Å². The molecule has 0 unspecified atom stereocenters. The second kappa shape index (κ2) is 9.31. The molecule has 0 radical (unpaired) electrons. The zero-order valence-corrected chi connectivity index (χ0v) is 15.4. The highest BCUT2D eigenvalue weighted by molar-refractivity contribution is 6.37. The van der Waals surface area contributed by atoms with Crippen molar-refractivity contribution in [3.63, 3.8) is 0 Å². The quantitative estimate of drug-likeness (QED) is 0.569. The summed E-state index contributed by atoms with van der Waals surface area (Å²) in [7, 11) is 0. The van der Waals surface area contributed by atoms with Crippen LogP contribution in [0.15, 0.2) is 36.5 Å². The highest BCUT2D eigenvalue weighted by Gasteiger charge is 2.14. The fourth-order valence-electron chi connectivity index (χ4n) is 2.01. The number of pyridine rings is 1. The molecule has 0 bridgehead atoms. The van der Waals surface area contributed by atoms with Crippen LogP contribution in [0.4, 0.5) is 5.82 Å². The molecule has 1 amide bonds. The van der Waals surface area contributed by atoms with Crippen LogP contribution in [0.2, 0.25) is 10.0 Å². The second-order valence-electron chi connectivity index (χ2n) is 5.39. The summed E-state index contributed by atoms with van der Waals surface area (Å²) in [5.41, 5.74) is 1.10. The summed E-state index contributed by atoms with van der Waals surface area (Å²) < 4.78 is 4.86. The van der Waals surface area contributed by atoms with E-state index in [0.29, 0.717) is 16.1 Å². The number of amides is 1. The number of carbonyl (C=O) groups is 3. The first-order chi connectivity index (χ1) is 12.4. The van der Waals surface area contributed by atoms with Crippen molar-refractivity contribution in [1.29, 1.82) is 0 Å². The first kappa shape index (κ1) is 19.9. The third-order valence-corrected chi connectivity index (χ3v) is 4.32. The largest absolute Gasteiger partial charge is 0.456 e. The maximum absolute atomic E-state index is 11.9. The van der Waals surface area contributed by atoms with Crippen LogP contribution in [0.5, 0.6) is 0 Å². The lowest BCUT2D eigenvalue weighted by Gasteiger charge is -2.09. The highest BCUT2D eigenvalue weighted by Crippen LogP contribution is 2.28. The lowest BCUT2D eigenvalue weighted by Crippen LogP contribution is -2.22. The maximum Gasteiger partial charge on any atom is 0.306 e. The number of hydrogen-bond acceptors (Lipinski definition) is 5. The van der Waals surface area contributed by atoms with Gasteiger partial charge >= 0.3 is 5.97 Å². The molecule has 1 heterocycles. The number of anilines is 1. The number of carbonyl (C=O) groups excluding carboxylic acids is 3. The Morgan fingerprint density at radius 2 is 1.81 bits per heavy atom. The van der Waals surface area contributed by atoms with Gasteiger partial charge in [0.15, 0.2) is 18.2 Å². The Morgan fingerprint density at radius 1 is 1.12 bits per heavy atom. The number of esters is 1. The first-order valence-electron chi connectivity index (χ1n) is 7.72. The van der Waals surface area contributed by atoms with Crippen molar-refractivity contribution in [3.8, 4) is 0 Å². The van der Waals surface area contributed by atoms with E-state index in [9.17, 15) is 14.4 Å². The van der Waals surface area contributed by atoms with Crippen LogP contribution in [0.1, 0.15) is 28.8 Å². The smallest absolute Gasteiger partial charge is 0.306 e. The molecule has 0 saturated carbocycles. The Balaban J connectivity index is 1.78. The Hall–Kier alpha value is -2.44. The van der Waals surface area contributed by atoms with Crippen LogP contribution in [-0.2, 0) is 14.3 Å². The van der Waals surface area contributed by atoms with E-state index in [-0.39, 0.29) is 29.5 Å². The molecular formula is C18H16Cl2N2O4. The number of ketones is 1. The van der Waals surface area contributed by atoms with Crippen LogP contribution in [0.3, 0.4) is 0 Å². The van der Waals surface area contributed by atoms with Crippen molar-refractivity contribution in [1.82, 2.24) is 4.98 Å². The number of halogens is 2. The third-order valence-electron chi connectivity index (χ3n) is 3.48. The molecule has 26 heavy (non-hydrogen) atoms. The third kappa shape index (κ3) is 5.54. The Bertz CT molecular complexity index is 825. The minimum Gasteiger partial charge on any atom is -0.456 e. The SMILES string of the molecule is Cc1c(Cl)cnc(NC(=O)COC(=O)CCC(=O)c2ccccc2)c1Cl. The fourth-order valence-corrected chi connectivity index (χ4v) is 2.40. The normalized spacial score (nSPS) is 10.3. The Kier molecular flexibility index (Phi) is 7.12.